The molecule has 254 valence electrons. The Morgan fingerprint density at radius 3 is 1.55 bits per heavy atom. The molecule has 8 aromatic carbocycles. The third kappa shape index (κ3) is 4.45. The molecular formula is C50H29N5. The normalized spacial score (nSPS) is 11.6. The highest BCUT2D eigenvalue weighted by atomic mass is 15.0. The highest BCUT2D eigenvalue weighted by molar-refractivity contribution is 6.16. The van der Waals surface area contributed by atoms with E-state index >= 15 is 0 Å². The van der Waals surface area contributed by atoms with Crippen molar-refractivity contribution in [1.29, 1.82) is 10.5 Å². The molecule has 0 bridgehead atoms. The molecule has 0 aliphatic heterocycles. The summed E-state index contributed by atoms with van der Waals surface area (Å²) in [5, 5.41) is 27.0. The number of nitriles is 2. The number of aromatic nitrogens is 3. The summed E-state index contributed by atoms with van der Waals surface area (Å²) in [5.41, 5.74) is 12.8. The molecular weight excluding hydrogens is 671 g/mol. The first kappa shape index (κ1) is 30.7. The molecule has 0 spiro atoms. The lowest BCUT2D eigenvalue weighted by atomic mass is 9.99. The summed E-state index contributed by atoms with van der Waals surface area (Å²) in [6, 6.07) is 65.9. The van der Waals surface area contributed by atoms with E-state index in [1.807, 2.05) is 18.2 Å². The first-order valence-electron chi connectivity index (χ1n) is 18.3. The van der Waals surface area contributed by atoms with E-state index in [0.717, 1.165) is 82.8 Å². The van der Waals surface area contributed by atoms with Gasteiger partial charge in [-0.25, -0.2) is 0 Å². The standard InChI is InChI=1S/C50H29N5/c51-30-32-20-27-47-42(28-32)40-12-3-7-16-45(40)55(47)49-19-9-18-48-50(49)41-13-4-8-17-46(41)53(48)35-23-21-33(22-24-35)37-26-25-36(29-34(37)31-52)54-43-14-5-1-10-38(43)39-11-2-6-15-44(39)54/h1-29H. The molecule has 0 atom stereocenters. The minimum absolute atomic E-state index is 0.627. The molecule has 0 unspecified atom stereocenters. The number of rotatable bonds is 4. The second kappa shape index (κ2) is 11.8. The van der Waals surface area contributed by atoms with Crippen LogP contribution < -0.4 is 0 Å². The lowest BCUT2D eigenvalue weighted by Crippen LogP contribution is -1.97. The van der Waals surface area contributed by atoms with Gasteiger partial charge < -0.3 is 13.7 Å². The number of benzene rings is 8. The van der Waals surface area contributed by atoms with Crippen molar-refractivity contribution in [2.24, 2.45) is 0 Å². The van der Waals surface area contributed by atoms with E-state index in [1.165, 1.54) is 10.8 Å². The average Bonchev–Trinajstić information content (AvgIpc) is 3.89. The van der Waals surface area contributed by atoms with Crippen molar-refractivity contribution in [2.45, 2.75) is 0 Å². The van der Waals surface area contributed by atoms with Crippen LogP contribution in [0.15, 0.2) is 176 Å². The quantitative estimate of drug-likeness (QED) is 0.184. The first-order chi connectivity index (χ1) is 27.2. The van der Waals surface area contributed by atoms with Gasteiger partial charge in [-0.2, -0.15) is 10.5 Å². The predicted molar refractivity (Wildman–Crippen MR) is 224 cm³/mol. The smallest absolute Gasteiger partial charge is 0.0998 e. The number of fused-ring (bicyclic) bond motifs is 9. The summed E-state index contributed by atoms with van der Waals surface area (Å²) >= 11 is 0. The van der Waals surface area contributed by atoms with Crippen LogP contribution in [0, 0.1) is 22.7 Å². The molecule has 0 radical (unpaired) electrons. The second-order valence-corrected chi connectivity index (χ2v) is 14.0. The molecule has 11 rings (SSSR count). The van der Waals surface area contributed by atoms with Gasteiger partial charge in [-0.15, -0.1) is 0 Å². The lowest BCUT2D eigenvalue weighted by Gasteiger charge is -2.13. The molecule has 3 aromatic heterocycles. The second-order valence-electron chi connectivity index (χ2n) is 14.0. The summed E-state index contributed by atoms with van der Waals surface area (Å²) in [5.74, 6) is 0. The van der Waals surface area contributed by atoms with Gasteiger partial charge in [0.2, 0.25) is 0 Å². The Labute approximate surface area is 316 Å². The van der Waals surface area contributed by atoms with Gasteiger partial charge in [0.05, 0.1) is 62.1 Å². The Balaban J connectivity index is 1.05. The summed E-state index contributed by atoms with van der Waals surface area (Å²) < 4.78 is 6.91. The first-order valence-corrected chi connectivity index (χ1v) is 18.3. The summed E-state index contributed by atoms with van der Waals surface area (Å²) in [7, 11) is 0. The van der Waals surface area contributed by atoms with Gasteiger partial charge in [0.25, 0.3) is 0 Å². The topological polar surface area (TPSA) is 62.4 Å². The van der Waals surface area contributed by atoms with E-state index in [0.29, 0.717) is 11.1 Å². The molecule has 5 heteroatoms. The summed E-state index contributed by atoms with van der Waals surface area (Å²) in [6.45, 7) is 0. The Morgan fingerprint density at radius 1 is 0.364 bits per heavy atom. The maximum Gasteiger partial charge on any atom is 0.0998 e. The summed E-state index contributed by atoms with van der Waals surface area (Å²) in [4.78, 5) is 0. The zero-order valence-electron chi connectivity index (χ0n) is 29.5. The van der Waals surface area contributed by atoms with Crippen LogP contribution >= 0.6 is 0 Å². The zero-order chi connectivity index (χ0) is 36.6. The van der Waals surface area contributed by atoms with Gasteiger partial charge >= 0.3 is 0 Å². The van der Waals surface area contributed by atoms with Crippen LogP contribution in [0.1, 0.15) is 11.1 Å². The van der Waals surface area contributed by atoms with Crippen LogP contribution in [0.2, 0.25) is 0 Å². The lowest BCUT2D eigenvalue weighted by molar-refractivity contribution is 1.17. The van der Waals surface area contributed by atoms with E-state index in [2.05, 4.69) is 184 Å². The maximum absolute atomic E-state index is 10.5. The largest absolute Gasteiger partial charge is 0.309 e. The Bertz CT molecular complexity index is 3400. The average molecular weight is 700 g/mol. The molecule has 0 aliphatic carbocycles. The van der Waals surface area contributed by atoms with Gasteiger partial charge in [-0.3, -0.25) is 0 Å². The minimum Gasteiger partial charge on any atom is -0.309 e. The molecule has 0 saturated heterocycles. The van der Waals surface area contributed by atoms with Gasteiger partial charge in [0.1, 0.15) is 0 Å². The van der Waals surface area contributed by atoms with Crippen molar-refractivity contribution in [2.75, 3.05) is 0 Å². The fourth-order valence-corrected chi connectivity index (χ4v) is 8.77. The van der Waals surface area contributed by atoms with E-state index in [-0.39, 0.29) is 0 Å². The van der Waals surface area contributed by atoms with Crippen molar-refractivity contribution in [3.05, 3.63) is 187 Å². The summed E-state index contributed by atoms with van der Waals surface area (Å²) in [6.07, 6.45) is 0. The SMILES string of the molecule is N#Cc1ccc2c(c1)c1ccccc1n2-c1cccc2c1c1ccccc1n2-c1ccc(-c2ccc(-n3c4ccccc4c4ccccc43)cc2C#N)cc1. The fraction of sp³-hybridized carbons (Fsp3) is 0. The molecule has 55 heavy (non-hydrogen) atoms. The van der Waals surface area contributed by atoms with Crippen LogP contribution in [0.25, 0.3) is 93.6 Å². The minimum atomic E-state index is 0.627. The number of para-hydroxylation sites is 4. The monoisotopic (exact) mass is 699 g/mol. The van der Waals surface area contributed by atoms with Crippen molar-refractivity contribution >= 4 is 65.4 Å². The molecule has 5 nitrogen and oxygen atoms in total. The van der Waals surface area contributed by atoms with Crippen LogP contribution in [-0.4, -0.2) is 13.7 Å². The van der Waals surface area contributed by atoms with E-state index < -0.39 is 0 Å². The van der Waals surface area contributed by atoms with Gasteiger partial charge in [-0.05, 0) is 90.0 Å². The molecule has 0 amide bonds. The molecule has 0 fully saturated rings. The Morgan fingerprint density at radius 2 is 0.891 bits per heavy atom. The number of hydrogen-bond acceptors (Lipinski definition) is 2. The van der Waals surface area contributed by atoms with E-state index in [1.54, 1.807) is 0 Å². The van der Waals surface area contributed by atoms with Gasteiger partial charge in [0.15, 0.2) is 0 Å². The van der Waals surface area contributed by atoms with Crippen LogP contribution in [-0.2, 0) is 0 Å². The Kier molecular flexibility index (Phi) is 6.61. The molecule has 3 heterocycles. The molecule has 0 N–H and O–H groups in total. The highest BCUT2D eigenvalue weighted by Crippen LogP contribution is 2.41. The number of nitrogens with zero attached hydrogens (tertiary/aromatic N) is 5. The van der Waals surface area contributed by atoms with Crippen molar-refractivity contribution in [1.82, 2.24) is 13.7 Å². The molecule has 0 aliphatic rings. The van der Waals surface area contributed by atoms with Crippen LogP contribution in [0.3, 0.4) is 0 Å². The maximum atomic E-state index is 10.5. The van der Waals surface area contributed by atoms with Crippen molar-refractivity contribution < 1.29 is 0 Å². The van der Waals surface area contributed by atoms with Crippen molar-refractivity contribution in [3.63, 3.8) is 0 Å². The molecule has 11 aromatic rings. The molecule has 0 saturated carbocycles. The number of hydrogen-bond donors (Lipinski definition) is 0. The third-order valence-corrected chi connectivity index (χ3v) is 11.1. The van der Waals surface area contributed by atoms with Crippen molar-refractivity contribution in [3.8, 4) is 40.3 Å². The third-order valence-electron chi connectivity index (χ3n) is 11.1. The highest BCUT2D eigenvalue weighted by Gasteiger charge is 2.20. The predicted octanol–water partition coefficient (Wildman–Crippen LogP) is 12.4. The van der Waals surface area contributed by atoms with Gasteiger partial charge in [-0.1, -0.05) is 97.1 Å². The van der Waals surface area contributed by atoms with Gasteiger partial charge in [0, 0.05) is 43.7 Å². The zero-order valence-corrected chi connectivity index (χ0v) is 29.5. The fourth-order valence-electron chi connectivity index (χ4n) is 8.77. The van der Waals surface area contributed by atoms with Crippen LogP contribution in [0.5, 0.6) is 0 Å². The Hall–Kier alpha value is -7.86. The van der Waals surface area contributed by atoms with Crippen LogP contribution in [0.4, 0.5) is 0 Å². The van der Waals surface area contributed by atoms with E-state index in [9.17, 15) is 10.5 Å². The van der Waals surface area contributed by atoms with E-state index in [4.69, 9.17) is 0 Å².